The van der Waals surface area contributed by atoms with Gasteiger partial charge in [-0.15, -0.1) is 0 Å². The first-order chi connectivity index (χ1) is 14.2. The number of carbonyl (C=O) groups excluding carboxylic acids is 1. The van der Waals surface area contributed by atoms with E-state index in [9.17, 15) is 18.7 Å². The lowest BCUT2D eigenvalue weighted by Gasteiger charge is -2.30. The number of fused-ring (bicyclic) bond motifs is 1. The number of hydrogen-bond acceptors (Lipinski definition) is 4. The molecule has 1 aliphatic heterocycles. The molecule has 0 fully saturated rings. The van der Waals surface area contributed by atoms with Crippen LogP contribution in [-0.4, -0.2) is 23.7 Å². The minimum atomic E-state index is -1.12. The SMILES string of the molecule is CC(C)(C)c1cc(C(C)(C)C)c(NC(=O)C2CNc3cc(F)c(F)cc3O2)c(F)c1O. The van der Waals surface area contributed by atoms with Gasteiger partial charge in [0.25, 0.3) is 5.91 Å². The maximum Gasteiger partial charge on any atom is 0.267 e. The Bertz CT molecular complexity index is 1040. The van der Waals surface area contributed by atoms with Crippen LogP contribution >= 0.6 is 0 Å². The molecule has 31 heavy (non-hydrogen) atoms. The Morgan fingerprint density at radius 1 is 1.03 bits per heavy atom. The highest BCUT2D eigenvalue weighted by molar-refractivity contribution is 5.96. The van der Waals surface area contributed by atoms with Crippen LogP contribution in [0.15, 0.2) is 18.2 Å². The lowest BCUT2D eigenvalue weighted by molar-refractivity contribution is -0.122. The van der Waals surface area contributed by atoms with Crippen LogP contribution in [0.3, 0.4) is 0 Å². The molecule has 1 atom stereocenters. The fourth-order valence-electron chi connectivity index (χ4n) is 3.44. The summed E-state index contributed by atoms with van der Waals surface area (Å²) in [7, 11) is 0. The number of phenolic OH excluding ortho intramolecular Hbond substituents is 1. The van der Waals surface area contributed by atoms with E-state index in [1.165, 1.54) is 0 Å². The number of benzene rings is 2. The van der Waals surface area contributed by atoms with E-state index < -0.39 is 46.0 Å². The van der Waals surface area contributed by atoms with E-state index in [2.05, 4.69) is 10.6 Å². The molecule has 0 aliphatic carbocycles. The summed E-state index contributed by atoms with van der Waals surface area (Å²) in [5.74, 6) is -4.30. The number of phenols is 1. The van der Waals surface area contributed by atoms with Gasteiger partial charge in [-0.3, -0.25) is 4.79 Å². The molecule has 1 amide bonds. The van der Waals surface area contributed by atoms with E-state index >= 15 is 4.39 Å². The third-order valence-electron chi connectivity index (χ3n) is 5.17. The van der Waals surface area contributed by atoms with Crippen molar-refractivity contribution < 1.29 is 27.8 Å². The summed E-state index contributed by atoms with van der Waals surface area (Å²) in [6.45, 7) is 11.1. The number of ether oxygens (including phenoxy) is 1. The highest BCUT2D eigenvalue weighted by atomic mass is 19.2. The molecule has 3 rings (SSSR count). The van der Waals surface area contributed by atoms with Crippen molar-refractivity contribution in [1.82, 2.24) is 0 Å². The summed E-state index contributed by atoms with van der Waals surface area (Å²) in [6.07, 6.45) is -1.12. The number of amides is 1. The van der Waals surface area contributed by atoms with Crippen LogP contribution in [0.5, 0.6) is 11.5 Å². The zero-order valence-corrected chi connectivity index (χ0v) is 18.4. The predicted octanol–water partition coefficient (Wildman–Crippen LogP) is 5.22. The third kappa shape index (κ3) is 4.43. The van der Waals surface area contributed by atoms with Gasteiger partial charge in [0.2, 0.25) is 0 Å². The van der Waals surface area contributed by atoms with Crippen LogP contribution in [0.4, 0.5) is 24.5 Å². The van der Waals surface area contributed by atoms with Crippen LogP contribution < -0.4 is 15.4 Å². The van der Waals surface area contributed by atoms with Crippen molar-refractivity contribution in [1.29, 1.82) is 0 Å². The van der Waals surface area contributed by atoms with Gasteiger partial charge in [0.1, 0.15) is 5.75 Å². The summed E-state index contributed by atoms with van der Waals surface area (Å²) in [6, 6.07) is 3.49. The maximum atomic E-state index is 15.2. The fraction of sp³-hybridized carbons (Fsp3) is 0.435. The highest BCUT2D eigenvalue weighted by Gasteiger charge is 2.33. The summed E-state index contributed by atoms with van der Waals surface area (Å²) in [5.41, 5.74) is -0.0455. The minimum Gasteiger partial charge on any atom is -0.505 e. The predicted molar refractivity (Wildman–Crippen MR) is 113 cm³/mol. The third-order valence-corrected chi connectivity index (χ3v) is 5.17. The van der Waals surface area contributed by atoms with Crippen molar-refractivity contribution in [3.05, 3.63) is 46.8 Å². The lowest BCUT2D eigenvalue weighted by Crippen LogP contribution is -2.41. The van der Waals surface area contributed by atoms with Gasteiger partial charge in [0.15, 0.2) is 29.3 Å². The van der Waals surface area contributed by atoms with E-state index in [1.54, 1.807) is 6.07 Å². The van der Waals surface area contributed by atoms with Crippen LogP contribution in [0, 0.1) is 17.5 Å². The normalized spacial score (nSPS) is 16.2. The Labute approximate surface area is 179 Å². The molecule has 0 radical (unpaired) electrons. The van der Waals surface area contributed by atoms with Gasteiger partial charge in [0.05, 0.1) is 17.9 Å². The van der Waals surface area contributed by atoms with E-state index in [-0.39, 0.29) is 23.7 Å². The second-order valence-corrected chi connectivity index (χ2v) is 9.75. The van der Waals surface area contributed by atoms with Crippen LogP contribution in [-0.2, 0) is 15.6 Å². The molecule has 1 heterocycles. The molecular formula is C23H27F3N2O3. The number of halogens is 3. The summed E-state index contributed by atoms with van der Waals surface area (Å²) in [5, 5.41) is 15.8. The molecule has 3 N–H and O–H groups in total. The second-order valence-electron chi connectivity index (χ2n) is 9.75. The number of nitrogens with one attached hydrogen (secondary N) is 2. The van der Waals surface area contributed by atoms with Crippen molar-refractivity contribution in [2.45, 2.75) is 58.5 Å². The van der Waals surface area contributed by atoms with Gasteiger partial charge in [-0.2, -0.15) is 0 Å². The van der Waals surface area contributed by atoms with Crippen molar-refractivity contribution >= 4 is 17.3 Å². The Hall–Kier alpha value is -2.90. The average Bonchev–Trinajstić information content (AvgIpc) is 2.64. The number of rotatable bonds is 2. The van der Waals surface area contributed by atoms with Gasteiger partial charge in [0, 0.05) is 17.7 Å². The van der Waals surface area contributed by atoms with E-state index in [0.29, 0.717) is 11.1 Å². The smallest absolute Gasteiger partial charge is 0.267 e. The van der Waals surface area contributed by atoms with Crippen LogP contribution in [0.25, 0.3) is 0 Å². The Morgan fingerprint density at radius 2 is 1.61 bits per heavy atom. The standard InChI is InChI=1S/C23H27F3N2O3/c1-22(2,3)11-7-12(23(4,5)6)20(29)18(26)19(11)28-21(30)17-10-27-15-8-13(24)14(25)9-16(15)31-17/h7-9,17,27,29H,10H2,1-6H3,(H,28,30). The van der Waals surface area contributed by atoms with Gasteiger partial charge in [-0.25, -0.2) is 13.2 Å². The number of aromatic hydroxyl groups is 1. The molecule has 0 bridgehead atoms. The molecule has 0 saturated carbocycles. The lowest BCUT2D eigenvalue weighted by atomic mass is 9.79. The van der Waals surface area contributed by atoms with Gasteiger partial charge in [-0.05, 0) is 22.5 Å². The minimum absolute atomic E-state index is 0.0206. The molecule has 8 heteroatoms. The molecule has 0 spiro atoms. The Morgan fingerprint density at radius 3 is 2.19 bits per heavy atom. The molecule has 168 valence electrons. The van der Waals surface area contributed by atoms with Crippen molar-refractivity contribution in [2.24, 2.45) is 0 Å². The second kappa shape index (κ2) is 7.66. The summed E-state index contributed by atoms with van der Waals surface area (Å²) < 4.78 is 47.7. The average molecular weight is 436 g/mol. The first-order valence-corrected chi connectivity index (χ1v) is 9.97. The van der Waals surface area contributed by atoms with Crippen molar-refractivity contribution in [2.75, 3.05) is 17.2 Å². The molecule has 0 saturated heterocycles. The van der Waals surface area contributed by atoms with Crippen LogP contribution in [0.1, 0.15) is 52.7 Å². The number of hydrogen-bond donors (Lipinski definition) is 3. The molecule has 1 aliphatic rings. The quantitative estimate of drug-likeness (QED) is 0.604. The van der Waals surface area contributed by atoms with Gasteiger partial charge < -0.3 is 20.5 Å². The maximum absolute atomic E-state index is 15.2. The van der Waals surface area contributed by atoms with E-state index in [1.807, 2.05) is 41.5 Å². The zero-order valence-electron chi connectivity index (χ0n) is 18.4. The van der Waals surface area contributed by atoms with E-state index in [4.69, 9.17) is 4.74 Å². The largest absolute Gasteiger partial charge is 0.505 e. The molecule has 5 nitrogen and oxygen atoms in total. The first-order valence-electron chi connectivity index (χ1n) is 9.97. The topological polar surface area (TPSA) is 70.6 Å². The molecular weight excluding hydrogens is 409 g/mol. The molecule has 2 aromatic carbocycles. The number of anilines is 2. The highest BCUT2D eigenvalue weighted by Crippen LogP contribution is 2.42. The molecule has 1 unspecified atom stereocenters. The summed E-state index contributed by atoms with van der Waals surface area (Å²) >= 11 is 0. The van der Waals surface area contributed by atoms with Crippen molar-refractivity contribution in [3.8, 4) is 11.5 Å². The van der Waals surface area contributed by atoms with Crippen LogP contribution in [0.2, 0.25) is 0 Å². The zero-order chi connectivity index (χ0) is 23.3. The monoisotopic (exact) mass is 436 g/mol. The van der Waals surface area contributed by atoms with Crippen molar-refractivity contribution in [3.63, 3.8) is 0 Å². The Kier molecular flexibility index (Phi) is 5.63. The first kappa shape index (κ1) is 22.8. The molecule has 2 aromatic rings. The summed E-state index contributed by atoms with van der Waals surface area (Å²) in [4.78, 5) is 12.9. The Balaban J connectivity index is 1.96. The van der Waals surface area contributed by atoms with Gasteiger partial charge >= 0.3 is 0 Å². The fourth-order valence-corrected chi connectivity index (χ4v) is 3.44. The van der Waals surface area contributed by atoms with E-state index in [0.717, 1.165) is 12.1 Å². The molecule has 0 aromatic heterocycles. The number of carbonyl (C=O) groups is 1. The van der Waals surface area contributed by atoms with Gasteiger partial charge in [-0.1, -0.05) is 41.5 Å².